The SMILES string of the molecule is CCNCc1cn(CCOCC)nn1. The van der Waals surface area contributed by atoms with Crippen molar-refractivity contribution in [3.05, 3.63) is 11.9 Å². The van der Waals surface area contributed by atoms with Crippen LogP contribution >= 0.6 is 0 Å². The van der Waals surface area contributed by atoms with E-state index < -0.39 is 0 Å². The van der Waals surface area contributed by atoms with Crippen molar-refractivity contribution in [1.29, 1.82) is 0 Å². The van der Waals surface area contributed by atoms with Gasteiger partial charge in [0.05, 0.1) is 18.8 Å². The Morgan fingerprint density at radius 1 is 1.50 bits per heavy atom. The van der Waals surface area contributed by atoms with E-state index >= 15 is 0 Å². The molecule has 0 bridgehead atoms. The average Bonchev–Trinajstić information content (AvgIpc) is 2.63. The summed E-state index contributed by atoms with van der Waals surface area (Å²) in [6.07, 6.45) is 1.95. The molecule has 0 aliphatic rings. The van der Waals surface area contributed by atoms with Crippen LogP contribution in [-0.2, 0) is 17.8 Å². The fourth-order valence-corrected chi connectivity index (χ4v) is 1.08. The van der Waals surface area contributed by atoms with Gasteiger partial charge in [0, 0.05) is 19.3 Å². The summed E-state index contributed by atoms with van der Waals surface area (Å²) >= 11 is 0. The maximum absolute atomic E-state index is 5.22. The van der Waals surface area contributed by atoms with Crippen LogP contribution in [0.2, 0.25) is 0 Å². The highest BCUT2D eigenvalue weighted by atomic mass is 16.5. The summed E-state index contributed by atoms with van der Waals surface area (Å²) in [6, 6.07) is 0. The molecule has 0 saturated heterocycles. The minimum Gasteiger partial charge on any atom is -0.380 e. The molecule has 1 heterocycles. The van der Waals surface area contributed by atoms with Crippen LogP contribution in [0.5, 0.6) is 0 Å². The first-order chi connectivity index (χ1) is 6.86. The second-order valence-corrected chi connectivity index (χ2v) is 2.95. The molecule has 1 N–H and O–H groups in total. The zero-order chi connectivity index (χ0) is 10.2. The van der Waals surface area contributed by atoms with Gasteiger partial charge in [0.15, 0.2) is 0 Å². The Labute approximate surface area is 84.4 Å². The van der Waals surface area contributed by atoms with Gasteiger partial charge in [-0.1, -0.05) is 12.1 Å². The first kappa shape index (κ1) is 11.1. The summed E-state index contributed by atoms with van der Waals surface area (Å²) in [4.78, 5) is 0. The van der Waals surface area contributed by atoms with Gasteiger partial charge in [0.25, 0.3) is 0 Å². The maximum Gasteiger partial charge on any atom is 0.0964 e. The molecule has 0 aliphatic carbocycles. The Bertz CT molecular complexity index is 249. The number of hydrogen-bond acceptors (Lipinski definition) is 4. The highest BCUT2D eigenvalue weighted by Crippen LogP contribution is 1.92. The molecule has 1 aromatic rings. The zero-order valence-corrected chi connectivity index (χ0v) is 8.86. The minimum atomic E-state index is 0.695. The van der Waals surface area contributed by atoms with Gasteiger partial charge in [-0.25, -0.2) is 4.68 Å². The van der Waals surface area contributed by atoms with Gasteiger partial charge in [0.2, 0.25) is 0 Å². The van der Waals surface area contributed by atoms with Crippen LogP contribution in [0.3, 0.4) is 0 Å². The molecule has 14 heavy (non-hydrogen) atoms. The van der Waals surface area contributed by atoms with E-state index in [1.807, 2.05) is 17.8 Å². The van der Waals surface area contributed by atoms with Crippen molar-refractivity contribution in [3.8, 4) is 0 Å². The zero-order valence-electron chi connectivity index (χ0n) is 8.86. The predicted octanol–water partition coefficient (Wildman–Crippen LogP) is 0.424. The normalized spacial score (nSPS) is 10.7. The minimum absolute atomic E-state index is 0.695. The van der Waals surface area contributed by atoms with Crippen LogP contribution in [0.15, 0.2) is 6.20 Å². The van der Waals surface area contributed by atoms with Crippen LogP contribution in [0, 0.1) is 0 Å². The number of hydrogen-bond donors (Lipinski definition) is 1. The third kappa shape index (κ3) is 3.85. The van der Waals surface area contributed by atoms with E-state index in [1.54, 1.807) is 0 Å². The van der Waals surface area contributed by atoms with E-state index in [1.165, 1.54) is 0 Å². The Morgan fingerprint density at radius 3 is 3.07 bits per heavy atom. The summed E-state index contributed by atoms with van der Waals surface area (Å²) in [7, 11) is 0. The van der Waals surface area contributed by atoms with Crippen molar-refractivity contribution < 1.29 is 4.74 Å². The van der Waals surface area contributed by atoms with E-state index in [0.29, 0.717) is 6.61 Å². The van der Waals surface area contributed by atoms with Gasteiger partial charge >= 0.3 is 0 Å². The summed E-state index contributed by atoms with van der Waals surface area (Å²) in [5.41, 5.74) is 0.975. The average molecular weight is 198 g/mol. The largest absolute Gasteiger partial charge is 0.380 e. The quantitative estimate of drug-likeness (QED) is 0.645. The van der Waals surface area contributed by atoms with Crippen molar-refractivity contribution in [3.63, 3.8) is 0 Å². The predicted molar refractivity (Wildman–Crippen MR) is 53.9 cm³/mol. The molecular weight excluding hydrogens is 180 g/mol. The second kappa shape index (κ2) is 6.50. The lowest BCUT2D eigenvalue weighted by atomic mass is 10.4. The number of rotatable bonds is 7. The number of ether oxygens (including phenoxy) is 1. The topological polar surface area (TPSA) is 52.0 Å². The van der Waals surface area contributed by atoms with Crippen LogP contribution in [-0.4, -0.2) is 34.8 Å². The highest BCUT2D eigenvalue weighted by molar-refractivity contribution is 4.91. The van der Waals surface area contributed by atoms with Crippen molar-refractivity contribution in [2.45, 2.75) is 26.9 Å². The summed E-state index contributed by atoms with van der Waals surface area (Å²) < 4.78 is 7.03. The Kier molecular flexibility index (Phi) is 5.17. The molecule has 0 fully saturated rings. The van der Waals surface area contributed by atoms with Crippen molar-refractivity contribution in [2.24, 2.45) is 0 Å². The van der Waals surface area contributed by atoms with Crippen LogP contribution in [0.1, 0.15) is 19.5 Å². The molecule has 0 aliphatic heterocycles. The first-order valence-corrected chi connectivity index (χ1v) is 5.04. The number of aromatic nitrogens is 3. The monoisotopic (exact) mass is 198 g/mol. The van der Waals surface area contributed by atoms with Gasteiger partial charge in [-0.3, -0.25) is 0 Å². The summed E-state index contributed by atoms with van der Waals surface area (Å²) in [6.45, 7) is 8.00. The lowest BCUT2D eigenvalue weighted by Crippen LogP contribution is -2.11. The molecule has 0 aromatic carbocycles. The Hall–Kier alpha value is -0.940. The van der Waals surface area contributed by atoms with Crippen molar-refractivity contribution in [2.75, 3.05) is 19.8 Å². The number of nitrogens with zero attached hydrogens (tertiary/aromatic N) is 3. The molecule has 80 valence electrons. The first-order valence-electron chi connectivity index (χ1n) is 5.04. The molecule has 0 radical (unpaired) electrons. The van der Waals surface area contributed by atoms with Crippen LogP contribution in [0.25, 0.3) is 0 Å². The molecular formula is C9H18N4O. The van der Waals surface area contributed by atoms with E-state index in [-0.39, 0.29) is 0 Å². The van der Waals surface area contributed by atoms with Gasteiger partial charge in [-0.05, 0) is 13.5 Å². The molecule has 0 saturated carbocycles. The molecule has 0 amide bonds. The van der Waals surface area contributed by atoms with Gasteiger partial charge in [-0.15, -0.1) is 5.10 Å². The molecule has 5 heteroatoms. The van der Waals surface area contributed by atoms with Gasteiger partial charge < -0.3 is 10.1 Å². The van der Waals surface area contributed by atoms with E-state index in [4.69, 9.17) is 4.74 Å². The smallest absolute Gasteiger partial charge is 0.0964 e. The van der Waals surface area contributed by atoms with E-state index in [2.05, 4.69) is 22.6 Å². The lowest BCUT2D eigenvalue weighted by Gasteiger charge is -1.99. The van der Waals surface area contributed by atoms with E-state index in [9.17, 15) is 0 Å². The second-order valence-electron chi connectivity index (χ2n) is 2.95. The lowest BCUT2D eigenvalue weighted by molar-refractivity contribution is 0.136. The Morgan fingerprint density at radius 2 is 2.36 bits per heavy atom. The van der Waals surface area contributed by atoms with Crippen LogP contribution < -0.4 is 5.32 Å². The summed E-state index contributed by atoms with van der Waals surface area (Å²) in [5, 5.41) is 11.2. The third-order valence-electron chi connectivity index (χ3n) is 1.81. The fraction of sp³-hybridized carbons (Fsp3) is 0.778. The van der Waals surface area contributed by atoms with Gasteiger partial charge in [-0.2, -0.15) is 0 Å². The van der Waals surface area contributed by atoms with Crippen molar-refractivity contribution in [1.82, 2.24) is 20.3 Å². The molecule has 0 spiro atoms. The molecule has 0 unspecified atom stereocenters. The van der Waals surface area contributed by atoms with Crippen LogP contribution in [0.4, 0.5) is 0 Å². The van der Waals surface area contributed by atoms with E-state index in [0.717, 1.165) is 31.9 Å². The Balaban J connectivity index is 2.27. The third-order valence-corrected chi connectivity index (χ3v) is 1.81. The molecule has 0 atom stereocenters. The molecule has 5 nitrogen and oxygen atoms in total. The molecule has 1 rings (SSSR count). The fourth-order valence-electron chi connectivity index (χ4n) is 1.08. The molecule has 1 aromatic heterocycles. The standard InChI is InChI=1S/C9H18N4O/c1-3-10-7-9-8-13(12-11-9)5-6-14-4-2/h8,10H,3-7H2,1-2H3. The van der Waals surface area contributed by atoms with Gasteiger partial charge in [0.1, 0.15) is 0 Å². The number of nitrogens with one attached hydrogen (secondary N) is 1. The maximum atomic E-state index is 5.22. The summed E-state index contributed by atoms with van der Waals surface area (Å²) in [5.74, 6) is 0. The highest BCUT2D eigenvalue weighted by Gasteiger charge is 1.98. The van der Waals surface area contributed by atoms with Crippen molar-refractivity contribution >= 4 is 0 Å².